The van der Waals surface area contributed by atoms with Crippen LogP contribution in [0.5, 0.6) is 0 Å². The Bertz CT molecular complexity index is 660. The van der Waals surface area contributed by atoms with Gasteiger partial charge in [0.1, 0.15) is 0 Å². The lowest BCUT2D eigenvalue weighted by Crippen LogP contribution is -2.54. The van der Waals surface area contributed by atoms with Gasteiger partial charge in [0.25, 0.3) is 0 Å². The first-order chi connectivity index (χ1) is 11.4. The zero-order chi connectivity index (χ0) is 17.2. The van der Waals surface area contributed by atoms with Crippen LogP contribution >= 0.6 is 11.3 Å². The van der Waals surface area contributed by atoms with E-state index in [1.165, 1.54) is 0 Å². The number of nitrogens with zero attached hydrogens (tertiary/aromatic N) is 2. The summed E-state index contributed by atoms with van der Waals surface area (Å²) < 4.78 is 23.7. The Hall–Kier alpha value is -0.960. The Morgan fingerprint density at radius 3 is 2.96 bits per heavy atom. The molecular weight excluding hydrogens is 346 g/mol. The molecule has 1 aromatic rings. The van der Waals surface area contributed by atoms with E-state index in [0.717, 1.165) is 24.5 Å². The predicted octanol–water partition coefficient (Wildman–Crippen LogP) is 0.558. The number of hydrogen-bond donors (Lipinski definition) is 1. The van der Waals surface area contributed by atoms with Gasteiger partial charge in [-0.15, -0.1) is 11.3 Å². The smallest absolute Gasteiger partial charge is 0.237 e. The maximum atomic E-state index is 13.0. The molecule has 2 fully saturated rings. The van der Waals surface area contributed by atoms with Gasteiger partial charge >= 0.3 is 0 Å². The van der Waals surface area contributed by atoms with Gasteiger partial charge in [0.15, 0.2) is 9.84 Å². The second-order valence-electron chi connectivity index (χ2n) is 6.68. The second-order valence-corrected chi connectivity index (χ2v) is 9.94. The van der Waals surface area contributed by atoms with Crippen LogP contribution in [0, 0.1) is 0 Å². The van der Waals surface area contributed by atoms with E-state index in [4.69, 9.17) is 0 Å². The molecule has 0 spiro atoms. The average Bonchev–Trinajstić information content (AvgIpc) is 3.16. The Labute approximate surface area is 147 Å². The van der Waals surface area contributed by atoms with Crippen LogP contribution in [0.1, 0.15) is 18.2 Å². The highest BCUT2D eigenvalue weighted by Gasteiger charge is 2.35. The Morgan fingerprint density at radius 1 is 1.50 bits per heavy atom. The van der Waals surface area contributed by atoms with Gasteiger partial charge in [0.2, 0.25) is 5.91 Å². The Balaban J connectivity index is 1.72. The van der Waals surface area contributed by atoms with E-state index in [0.29, 0.717) is 25.6 Å². The van der Waals surface area contributed by atoms with Crippen molar-refractivity contribution in [3.8, 4) is 0 Å². The van der Waals surface area contributed by atoms with Gasteiger partial charge < -0.3 is 10.2 Å². The van der Waals surface area contributed by atoms with Gasteiger partial charge in [-0.3, -0.25) is 9.69 Å². The number of amides is 1. The summed E-state index contributed by atoms with van der Waals surface area (Å²) in [7, 11) is -3.01. The van der Waals surface area contributed by atoms with E-state index in [1.807, 2.05) is 17.5 Å². The van der Waals surface area contributed by atoms with Crippen molar-refractivity contribution in [3.05, 3.63) is 22.4 Å². The minimum Gasteiger partial charge on any atom is -0.332 e. The fourth-order valence-electron chi connectivity index (χ4n) is 3.40. The topological polar surface area (TPSA) is 69.7 Å². The molecule has 24 heavy (non-hydrogen) atoms. The quantitative estimate of drug-likeness (QED) is 0.819. The molecule has 2 aliphatic rings. The van der Waals surface area contributed by atoms with Gasteiger partial charge in [-0.25, -0.2) is 8.42 Å². The standard InChI is InChI=1S/C16H25N3O3S2/c1-13-9-17-5-6-18(13)11-16(20)19(10-15-3-2-7-23-15)14-4-8-24(21,22)12-14/h2-3,7,13-14,17H,4-6,8-12H2,1H3/t13-,14?/m0/s1. The Morgan fingerprint density at radius 2 is 2.33 bits per heavy atom. The average molecular weight is 372 g/mol. The van der Waals surface area contributed by atoms with Gasteiger partial charge in [0.05, 0.1) is 24.6 Å². The van der Waals surface area contributed by atoms with E-state index in [-0.39, 0.29) is 23.5 Å². The van der Waals surface area contributed by atoms with E-state index in [1.54, 1.807) is 16.2 Å². The number of carbonyl (C=O) groups is 1. The lowest BCUT2D eigenvalue weighted by molar-refractivity contribution is -0.135. The van der Waals surface area contributed by atoms with Crippen molar-refractivity contribution < 1.29 is 13.2 Å². The molecule has 0 bridgehead atoms. The molecule has 8 heteroatoms. The zero-order valence-electron chi connectivity index (χ0n) is 14.0. The highest BCUT2D eigenvalue weighted by molar-refractivity contribution is 7.91. The lowest BCUT2D eigenvalue weighted by Gasteiger charge is -2.36. The first kappa shape index (κ1) is 17.8. The van der Waals surface area contributed by atoms with Gasteiger partial charge in [0, 0.05) is 36.6 Å². The molecule has 0 aromatic carbocycles. The molecule has 6 nitrogen and oxygen atoms in total. The molecule has 2 atom stereocenters. The first-order valence-electron chi connectivity index (χ1n) is 8.41. The summed E-state index contributed by atoms with van der Waals surface area (Å²) in [4.78, 5) is 18.0. The van der Waals surface area contributed by atoms with Crippen molar-refractivity contribution in [3.63, 3.8) is 0 Å². The number of piperazine rings is 1. The number of sulfone groups is 1. The molecular formula is C16H25N3O3S2. The molecule has 1 amide bonds. The van der Waals surface area contributed by atoms with Crippen LogP contribution in [0.4, 0.5) is 0 Å². The largest absolute Gasteiger partial charge is 0.332 e. The second kappa shape index (κ2) is 7.51. The van der Waals surface area contributed by atoms with Crippen molar-refractivity contribution in [1.82, 2.24) is 15.1 Å². The van der Waals surface area contributed by atoms with Crippen LogP contribution in [-0.2, 0) is 21.2 Å². The van der Waals surface area contributed by atoms with Crippen LogP contribution in [0.3, 0.4) is 0 Å². The van der Waals surface area contributed by atoms with Crippen LogP contribution in [0.2, 0.25) is 0 Å². The lowest BCUT2D eigenvalue weighted by atomic mass is 10.2. The molecule has 2 aliphatic heterocycles. The van der Waals surface area contributed by atoms with Crippen LogP contribution in [0.25, 0.3) is 0 Å². The van der Waals surface area contributed by atoms with Gasteiger partial charge in [-0.2, -0.15) is 0 Å². The van der Waals surface area contributed by atoms with Crippen molar-refractivity contribution >= 4 is 27.1 Å². The first-order valence-corrected chi connectivity index (χ1v) is 11.1. The summed E-state index contributed by atoms with van der Waals surface area (Å²) >= 11 is 1.61. The molecule has 3 rings (SSSR count). The fraction of sp³-hybridized carbons (Fsp3) is 0.688. The number of hydrogen-bond acceptors (Lipinski definition) is 6. The minimum absolute atomic E-state index is 0.0410. The van der Waals surface area contributed by atoms with Gasteiger partial charge in [-0.1, -0.05) is 6.07 Å². The SMILES string of the molecule is C[C@H]1CNCCN1CC(=O)N(Cc1cccs1)C1CCS(=O)(=O)C1. The van der Waals surface area contributed by atoms with Crippen molar-refractivity contribution in [2.24, 2.45) is 0 Å². The van der Waals surface area contributed by atoms with E-state index < -0.39 is 9.84 Å². The molecule has 3 heterocycles. The van der Waals surface area contributed by atoms with E-state index in [9.17, 15) is 13.2 Å². The fourth-order valence-corrected chi connectivity index (χ4v) is 5.83. The summed E-state index contributed by atoms with van der Waals surface area (Å²) in [5.74, 6) is 0.330. The number of rotatable bonds is 5. The molecule has 0 saturated carbocycles. The minimum atomic E-state index is -3.01. The van der Waals surface area contributed by atoms with Gasteiger partial charge in [-0.05, 0) is 24.8 Å². The predicted molar refractivity (Wildman–Crippen MR) is 95.8 cm³/mol. The van der Waals surface area contributed by atoms with E-state index >= 15 is 0 Å². The highest BCUT2D eigenvalue weighted by Crippen LogP contribution is 2.22. The molecule has 2 saturated heterocycles. The normalized spacial score (nSPS) is 27.2. The van der Waals surface area contributed by atoms with Crippen molar-refractivity contribution in [2.45, 2.75) is 32.0 Å². The maximum Gasteiger partial charge on any atom is 0.237 e. The molecule has 1 unspecified atom stereocenters. The summed E-state index contributed by atoms with van der Waals surface area (Å²) in [5, 5.41) is 5.31. The number of nitrogens with one attached hydrogen (secondary N) is 1. The van der Waals surface area contributed by atoms with Crippen LogP contribution < -0.4 is 5.32 Å². The van der Waals surface area contributed by atoms with Crippen molar-refractivity contribution in [1.29, 1.82) is 0 Å². The van der Waals surface area contributed by atoms with Crippen molar-refractivity contribution in [2.75, 3.05) is 37.7 Å². The maximum absolute atomic E-state index is 13.0. The zero-order valence-corrected chi connectivity index (χ0v) is 15.6. The van der Waals surface area contributed by atoms with Crippen LogP contribution in [0.15, 0.2) is 17.5 Å². The molecule has 0 aliphatic carbocycles. The number of carbonyl (C=O) groups excluding carboxylic acids is 1. The molecule has 1 aromatic heterocycles. The molecule has 1 N–H and O–H groups in total. The molecule has 134 valence electrons. The summed E-state index contributed by atoms with van der Waals surface area (Å²) in [6, 6.07) is 4.09. The summed E-state index contributed by atoms with van der Waals surface area (Å²) in [6.45, 7) is 5.62. The summed E-state index contributed by atoms with van der Waals surface area (Å²) in [5.41, 5.74) is 0. The third-order valence-corrected chi connectivity index (χ3v) is 7.46. The summed E-state index contributed by atoms with van der Waals surface area (Å²) in [6.07, 6.45) is 0.552. The Kier molecular flexibility index (Phi) is 5.59. The number of thiophene rings is 1. The third kappa shape index (κ3) is 4.36. The highest BCUT2D eigenvalue weighted by atomic mass is 32.2. The third-order valence-electron chi connectivity index (χ3n) is 4.85. The monoisotopic (exact) mass is 371 g/mol. The molecule has 0 radical (unpaired) electrons. The van der Waals surface area contributed by atoms with Crippen LogP contribution in [-0.4, -0.2) is 73.9 Å². The van der Waals surface area contributed by atoms with E-state index in [2.05, 4.69) is 17.1 Å².